The van der Waals surface area contributed by atoms with E-state index in [1.165, 1.54) is 7.11 Å². The Morgan fingerprint density at radius 3 is 2.81 bits per heavy atom. The minimum Gasteiger partial charge on any atom is -0.492 e. The van der Waals surface area contributed by atoms with Crippen LogP contribution in [0.4, 0.5) is 0 Å². The monoisotopic (exact) mass is 220 g/mol. The number of furan rings is 1. The van der Waals surface area contributed by atoms with Gasteiger partial charge in [0.2, 0.25) is 0 Å². The Hall–Kier alpha value is -1.97. The zero-order valence-corrected chi connectivity index (χ0v) is 9.06. The van der Waals surface area contributed by atoms with E-state index in [9.17, 15) is 4.79 Å². The minimum atomic E-state index is -0.885. The van der Waals surface area contributed by atoms with Crippen LogP contribution in [0, 0.1) is 0 Å². The highest BCUT2D eigenvalue weighted by Crippen LogP contribution is 2.34. The van der Waals surface area contributed by atoms with Crippen molar-refractivity contribution in [2.75, 3.05) is 7.11 Å². The van der Waals surface area contributed by atoms with Gasteiger partial charge >= 0.3 is 5.97 Å². The fraction of sp³-hybridized carbons (Fsp3) is 0.250. The van der Waals surface area contributed by atoms with Gasteiger partial charge in [-0.2, -0.15) is 0 Å². The number of hydrogen-bond acceptors (Lipinski definition) is 3. The maximum atomic E-state index is 11.0. The molecule has 0 radical (unpaired) electrons. The molecule has 0 aliphatic carbocycles. The molecule has 0 bridgehead atoms. The normalized spacial score (nSPS) is 12.6. The van der Waals surface area contributed by atoms with Crippen molar-refractivity contribution in [1.82, 2.24) is 0 Å². The largest absolute Gasteiger partial charge is 0.492 e. The number of carboxylic acid groups (broad SMARTS) is 1. The van der Waals surface area contributed by atoms with E-state index in [0.717, 1.165) is 5.39 Å². The second kappa shape index (κ2) is 3.89. The summed E-state index contributed by atoms with van der Waals surface area (Å²) in [7, 11) is 1.51. The molecule has 0 fully saturated rings. The van der Waals surface area contributed by atoms with Crippen molar-refractivity contribution in [2.24, 2.45) is 0 Å². The summed E-state index contributed by atoms with van der Waals surface area (Å²) in [5.74, 6) is -1.01. The number of carbonyl (C=O) groups is 1. The Kier molecular flexibility index (Phi) is 2.56. The summed E-state index contributed by atoms with van der Waals surface area (Å²) >= 11 is 0. The van der Waals surface area contributed by atoms with Crippen LogP contribution in [0.1, 0.15) is 18.4 Å². The average Bonchev–Trinajstić information content (AvgIpc) is 2.74. The standard InChI is InChI=1S/C12H12O4/c1-7(12(13)14)9-4-3-8-5-6-16-10(8)11(9)15-2/h3-7H,1-2H3,(H,13,14). The molecule has 0 aliphatic rings. The molecule has 1 atom stereocenters. The lowest BCUT2D eigenvalue weighted by molar-refractivity contribution is -0.138. The van der Waals surface area contributed by atoms with Crippen molar-refractivity contribution in [2.45, 2.75) is 12.8 Å². The van der Waals surface area contributed by atoms with Crippen LogP contribution in [0.3, 0.4) is 0 Å². The van der Waals surface area contributed by atoms with Crippen LogP contribution < -0.4 is 4.74 Å². The quantitative estimate of drug-likeness (QED) is 0.863. The molecule has 0 saturated carbocycles. The van der Waals surface area contributed by atoms with Gasteiger partial charge in [0, 0.05) is 10.9 Å². The number of hydrogen-bond donors (Lipinski definition) is 1. The average molecular weight is 220 g/mol. The molecule has 1 aromatic heterocycles. The van der Waals surface area contributed by atoms with Crippen LogP contribution in [0.5, 0.6) is 5.75 Å². The van der Waals surface area contributed by atoms with Gasteiger partial charge in [-0.1, -0.05) is 12.1 Å². The van der Waals surface area contributed by atoms with E-state index in [0.29, 0.717) is 16.9 Å². The Labute approximate surface area is 92.4 Å². The lowest BCUT2D eigenvalue weighted by atomic mass is 9.99. The predicted molar refractivity (Wildman–Crippen MR) is 58.8 cm³/mol. The highest BCUT2D eigenvalue weighted by Gasteiger charge is 2.21. The van der Waals surface area contributed by atoms with Gasteiger partial charge in [-0.15, -0.1) is 0 Å². The third-order valence-electron chi connectivity index (χ3n) is 2.65. The summed E-state index contributed by atoms with van der Waals surface area (Å²) in [6.45, 7) is 1.62. The zero-order chi connectivity index (χ0) is 11.7. The highest BCUT2D eigenvalue weighted by molar-refractivity contribution is 5.87. The van der Waals surface area contributed by atoms with Crippen molar-refractivity contribution in [3.63, 3.8) is 0 Å². The Bertz CT molecular complexity index is 527. The molecule has 1 unspecified atom stereocenters. The molecule has 0 aliphatic heterocycles. The van der Waals surface area contributed by atoms with Gasteiger partial charge in [-0.25, -0.2) is 0 Å². The molecular weight excluding hydrogens is 208 g/mol. The van der Waals surface area contributed by atoms with Crippen LogP contribution in [-0.2, 0) is 4.79 Å². The smallest absolute Gasteiger partial charge is 0.310 e. The summed E-state index contributed by atoms with van der Waals surface area (Å²) < 4.78 is 10.5. The van der Waals surface area contributed by atoms with E-state index in [1.807, 2.05) is 12.1 Å². The van der Waals surface area contributed by atoms with E-state index >= 15 is 0 Å². The summed E-state index contributed by atoms with van der Waals surface area (Å²) in [4.78, 5) is 11.0. The maximum absolute atomic E-state index is 11.0. The van der Waals surface area contributed by atoms with Crippen LogP contribution in [0.25, 0.3) is 11.0 Å². The van der Waals surface area contributed by atoms with E-state index in [1.54, 1.807) is 19.3 Å². The maximum Gasteiger partial charge on any atom is 0.310 e. The van der Waals surface area contributed by atoms with E-state index in [2.05, 4.69) is 0 Å². The number of fused-ring (bicyclic) bond motifs is 1. The van der Waals surface area contributed by atoms with Gasteiger partial charge in [0.1, 0.15) is 0 Å². The highest BCUT2D eigenvalue weighted by atomic mass is 16.5. The molecule has 1 heterocycles. The van der Waals surface area contributed by atoms with Crippen LogP contribution in [0.2, 0.25) is 0 Å². The molecular formula is C12H12O4. The van der Waals surface area contributed by atoms with E-state index in [4.69, 9.17) is 14.3 Å². The van der Waals surface area contributed by atoms with Gasteiger partial charge in [0.15, 0.2) is 11.3 Å². The molecule has 4 heteroatoms. The first kappa shape index (κ1) is 10.5. The number of benzene rings is 1. The fourth-order valence-corrected chi connectivity index (χ4v) is 1.71. The van der Waals surface area contributed by atoms with Crippen molar-refractivity contribution >= 4 is 16.9 Å². The summed E-state index contributed by atoms with van der Waals surface area (Å²) in [6, 6.07) is 5.40. The van der Waals surface area contributed by atoms with Crippen molar-refractivity contribution < 1.29 is 19.1 Å². The molecule has 0 spiro atoms. The molecule has 84 valence electrons. The second-order valence-electron chi connectivity index (χ2n) is 3.59. The third-order valence-corrected chi connectivity index (χ3v) is 2.65. The van der Waals surface area contributed by atoms with Gasteiger partial charge < -0.3 is 14.3 Å². The lowest BCUT2D eigenvalue weighted by Crippen LogP contribution is -2.08. The number of ether oxygens (including phenoxy) is 1. The Morgan fingerprint density at radius 2 is 2.19 bits per heavy atom. The van der Waals surface area contributed by atoms with Crippen LogP contribution >= 0.6 is 0 Å². The molecule has 2 aromatic rings. The molecule has 1 N–H and O–H groups in total. The third kappa shape index (κ3) is 1.52. The summed E-state index contributed by atoms with van der Waals surface area (Å²) in [5.41, 5.74) is 1.21. The van der Waals surface area contributed by atoms with Crippen LogP contribution in [0.15, 0.2) is 28.9 Å². The summed E-state index contributed by atoms with van der Waals surface area (Å²) in [5, 5.41) is 9.89. The SMILES string of the molecule is COc1c(C(C)C(=O)O)ccc2ccoc12. The topological polar surface area (TPSA) is 59.7 Å². The van der Waals surface area contributed by atoms with E-state index < -0.39 is 11.9 Å². The molecule has 16 heavy (non-hydrogen) atoms. The zero-order valence-electron chi connectivity index (χ0n) is 9.06. The lowest BCUT2D eigenvalue weighted by Gasteiger charge is -2.11. The number of carboxylic acids is 1. The van der Waals surface area contributed by atoms with Crippen LogP contribution in [-0.4, -0.2) is 18.2 Å². The molecule has 2 rings (SSSR count). The minimum absolute atomic E-state index is 0.498. The fourth-order valence-electron chi connectivity index (χ4n) is 1.71. The second-order valence-corrected chi connectivity index (χ2v) is 3.59. The molecule has 0 saturated heterocycles. The molecule has 4 nitrogen and oxygen atoms in total. The first-order valence-electron chi connectivity index (χ1n) is 4.92. The van der Waals surface area contributed by atoms with Crippen molar-refractivity contribution in [3.8, 4) is 5.75 Å². The molecule has 1 aromatic carbocycles. The van der Waals surface area contributed by atoms with E-state index in [-0.39, 0.29) is 0 Å². The van der Waals surface area contributed by atoms with Gasteiger partial charge in [-0.3, -0.25) is 4.79 Å². The first-order valence-corrected chi connectivity index (χ1v) is 4.92. The first-order chi connectivity index (χ1) is 7.65. The Morgan fingerprint density at radius 1 is 1.44 bits per heavy atom. The number of rotatable bonds is 3. The number of methoxy groups -OCH3 is 1. The van der Waals surface area contributed by atoms with Crippen molar-refractivity contribution in [3.05, 3.63) is 30.0 Å². The predicted octanol–water partition coefficient (Wildman–Crippen LogP) is 2.63. The van der Waals surface area contributed by atoms with Gasteiger partial charge in [0.25, 0.3) is 0 Å². The number of aliphatic carboxylic acids is 1. The Balaban J connectivity index is 2.64. The van der Waals surface area contributed by atoms with Crippen molar-refractivity contribution in [1.29, 1.82) is 0 Å². The molecule has 0 amide bonds. The van der Waals surface area contributed by atoms with Gasteiger partial charge in [0.05, 0.1) is 19.3 Å². The summed E-state index contributed by atoms with van der Waals surface area (Å²) in [6.07, 6.45) is 1.56. The van der Waals surface area contributed by atoms with Gasteiger partial charge in [-0.05, 0) is 13.0 Å².